The zero-order valence-corrected chi connectivity index (χ0v) is 16.7. The lowest BCUT2D eigenvalue weighted by Gasteiger charge is -2.12. The largest absolute Gasteiger partial charge is 0.492 e. The van der Waals surface area contributed by atoms with Crippen molar-refractivity contribution in [3.8, 4) is 17.1 Å². The first-order valence-electron chi connectivity index (χ1n) is 8.19. The normalized spacial score (nSPS) is 10.7. The summed E-state index contributed by atoms with van der Waals surface area (Å²) < 4.78 is 51.3. The van der Waals surface area contributed by atoms with Gasteiger partial charge in [-0.05, 0) is 24.3 Å². The van der Waals surface area contributed by atoms with Gasteiger partial charge in [0.25, 0.3) is 0 Å². The Morgan fingerprint density at radius 1 is 1.13 bits per heavy atom. The Kier molecular flexibility index (Phi) is 6.33. The van der Waals surface area contributed by atoms with E-state index in [1.165, 1.54) is 19.2 Å². The van der Waals surface area contributed by atoms with E-state index in [2.05, 4.69) is 9.97 Å². The van der Waals surface area contributed by atoms with Gasteiger partial charge >= 0.3 is 5.97 Å². The Bertz CT molecular complexity index is 1150. The fourth-order valence-electron chi connectivity index (χ4n) is 2.46. The molecule has 0 fully saturated rings. The molecule has 1 heterocycles. The maximum Gasteiger partial charge on any atom is 0.359 e. The van der Waals surface area contributed by atoms with Gasteiger partial charge in [0.2, 0.25) is 0 Å². The number of aromatic nitrogens is 2. The number of carbonyl (C=O) groups is 1. The lowest BCUT2D eigenvalue weighted by Crippen LogP contribution is -2.12. The second kappa shape index (κ2) is 8.76. The molecule has 0 atom stereocenters. The van der Waals surface area contributed by atoms with Crippen molar-refractivity contribution in [1.82, 2.24) is 9.97 Å². The van der Waals surface area contributed by atoms with Crippen LogP contribution in [-0.2, 0) is 11.3 Å². The highest BCUT2D eigenvalue weighted by Crippen LogP contribution is 2.35. The molecule has 0 aliphatic heterocycles. The average Bonchev–Trinajstić information content (AvgIpc) is 2.69. The van der Waals surface area contributed by atoms with Crippen LogP contribution in [0.1, 0.15) is 16.1 Å². The predicted octanol–water partition coefficient (Wildman–Crippen LogP) is 4.82. The molecule has 3 rings (SSSR count). The van der Waals surface area contributed by atoms with E-state index in [1.807, 2.05) is 0 Å². The molecular weight excluding hydrogens is 446 g/mol. The van der Waals surface area contributed by atoms with Crippen molar-refractivity contribution in [3.63, 3.8) is 0 Å². The third-order valence-corrected chi connectivity index (χ3v) is 4.61. The third-order valence-electron chi connectivity index (χ3n) is 3.94. The van der Waals surface area contributed by atoms with Crippen LogP contribution in [0.4, 0.5) is 19.0 Å². The number of nitrogens with two attached hydrogens (primary N) is 1. The fourth-order valence-corrected chi connectivity index (χ4v) is 2.85. The number of hydrogen-bond acceptors (Lipinski definition) is 6. The first-order valence-corrected chi connectivity index (χ1v) is 8.95. The number of benzene rings is 2. The molecule has 0 aliphatic carbocycles. The van der Waals surface area contributed by atoms with Gasteiger partial charge in [0, 0.05) is 11.6 Å². The number of esters is 1. The third kappa shape index (κ3) is 4.27. The van der Waals surface area contributed by atoms with Crippen molar-refractivity contribution in [3.05, 3.63) is 69.1 Å². The molecule has 0 aliphatic rings. The number of carbonyl (C=O) groups excluding carboxylic acids is 1. The standard InChI is InChI=1S/C19H12Cl2F3N3O3/c1-29-16-11(20)5-4-10(14(16)24)18-26-15(13(21)17(25)27-18)19(28)30-7-8-2-3-9(22)6-12(8)23/h2-6H,7H2,1H3,(H2,25,26,27). The van der Waals surface area contributed by atoms with Gasteiger partial charge in [0.1, 0.15) is 29.1 Å². The molecule has 0 bridgehead atoms. The maximum absolute atomic E-state index is 14.7. The monoisotopic (exact) mass is 457 g/mol. The number of rotatable bonds is 5. The van der Waals surface area contributed by atoms with E-state index in [9.17, 15) is 18.0 Å². The minimum Gasteiger partial charge on any atom is -0.492 e. The summed E-state index contributed by atoms with van der Waals surface area (Å²) in [5.41, 5.74) is 5.03. The van der Waals surface area contributed by atoms with Crippen molar-refractivity contribution in [1.29, 1.82) is 0 Å². The van der Waals surface area contributed by atoms with Gasteiger partial charge in [-0.2, -0.15) is 0 Å². The second-order valence-electron chi connectivity index (χ2n) is 5.85. The molecular formula is C19H12Cl2F3N3O3. The average molecular weight is 458 g/mol. The summed E-state index contributed by atoms with van der Waals surface area (Å²) >= 11 is 11.9. The van der Waals surface area contributed by atoms with Gasteiger partial charge in [0.15, 0.2) is 23.1 Å². The number of ether oxygens (including phenoxy) is 2. The molecule has 0 unspecified atom stereocenters. The molecule has 156 valence electrons. The van der Waals surface area contributed by atoms with Crippen LogP contribution >= 0.6 is 23.2 Å². The Labute approximate surface area is 178 Å². The zero-order valence-electron chi connectivity index (χ0n) is 15.2. The molecule has 0 saturated heterocycles. The smallest absolute Gasteiger partial charge is 0.359 e. The maximum atomic E-state index is 14.7. The molecule has 0 radical (unpaired) electrons. The van der Waals surface area contributed by atoms with Crippen molar-refractivity contribution in [2.45, 2.75) is 6.61 Å². The SMILES string of the molecule is COc1c(Cl)ccc(-c2nc(N)c(Cl)c(C(=O)OCc3ccc(F)cc3F)n2)c1F. The summed E-state index contributed by atoms with van der Waals surface area (Å²) in [7, 11) is 1.22. The van der Waals surface area contributed by atoms with Gasteiger partial charge in [0.05, 0.1) is 17.7 Å². The highest BCUT2D eigenvalue weighted by Gasteiger charge is 2.23. The van der Waals surface area contributed by atoms with Crippen LogP contribution in [0.25, 0.3) is 11.4 Å². The van der Waals surface area contributed by atoms with Gasteiger partial charge in [-0.25, -0.2) is 27.9 Å². The van der Waals surface area contributed by atoms with Crippen LogP contribution in [0.2, 0.25) is 10.0 Å². The minimum atomic E-state index is -1.07. The number of halogens is 5. The van der Waals surface area contributed by atoms with Crippen LogP contribution in [0.15, 0.2) is 30.3 Å². The Balaban J connectivity index is 1.94. The summed E-state index contributed by atoms with van der Waals surface area (Å²) in [5, 5.41) is -0.314. The van der Waals surface area contributed by atoms with Crippen LogP contribution in [0.5, 0.6) is 5.75 Å². The molecule has 0 spiro atoms. The number of anilines is 1. The Morgan fingerprint density at radius 3 is 2.53 bits per heavy atom. The Hall–Kier alpha value is -3.04. The van der Waals surface area contributed by atoms with E-state index in [1.54, 1.807) is 0 Å². The van der Waals surface area contributed by atoms with Crippen LogP contribution < -0.4 is 10.5 Å². The van der Waals surface area contributed by atoms with E-state index in [0.717, 1.165) is 12.1 Å². The quantitative estimate of drug-likeness (QED) is 0.552. The van der Waals surface area contributed by atoms with Crippen molar-refractivity contribution in [2.24, 2.45) is 0 Å². The van der Waals surface area contributed by atoms with Gasteiger partial charge in [-0.1, -0.05) is 23.2 Å². The Morgan fingerprint density at radius 2 is 1.87 bits per heavy atom. The summed E-state index contributed by atoms with van der Waals surface area (Å²) in [6.45, 7) is -0.524. The van der Waals surface area contributed by atoms with Crippen LogP contribution in [0.3, 0.4) is 0 Å². The number of methoxy groups -OCH3 is 1. The lowest BCUT2D eigenvalue weighted by molar-refractivity contribution is 0.0462. The topological polar surface area (TPSA) is 87.3 Å². The molecule has 6 nitrogen and oxygen atoms in total. The van der Waals surface area contributed by atoms with Crippen LogP contribution in [-0.4, -0.2) is 23.0 Å². The van der Waals surface area contributed by atoms with Gasteiger partial charge in [-0.15, -0.1) is 0 Å². The summed E-state index contributed by atoms with van der Waals surface area (Å²) in [4.78, 5) is 20.2. The molecule has 0 amide bonds. The van der Waals surface area contributed by atoms with E-state index < -0.39 is 35.7 Å². The van der Waals surface area contributed by atoms with Gasteiger partial charge < -0.3 is 15.2 Å². The van der Waals surface area contributed by atoms with E-state index in [4.69, 9.17) is 38.4 Å². The first kappa shape index (κ1) is 21.7. The van der Waals surface area contributed by atoms with Gasteiger partial charge in [-0.3, -0.25) is 0 Å². The summed E-state index contributed by atoms with van der Waals surface area (Å²) in [6, 6.07) is 5.40. The fraction of sp³-hybridized carbons (Fsp3) is 0.105. The molecule has 2 N–H and O–H groups in total. The first-order chi connectivity index (χ1) is 14.2. The van der Waals surface area contributed by atoms with E-state index in [0.29, 0.717) is 6.07 Å². The van der Waals surface area contributed by atoms with Crippen molar-refractivity contribution in [2.75, 3.05) is 12.8 Å². The minimum absolute atomic E-state index is 0.0154. The molecule has 3 aromatic rings. The lowest BCUT2D eigenvalue weighted by atomic mass is 10.1. The van der Waals surface area contributed by atoms with E-state index >= 15 is 0 Å². The zero-order chi connectivity index (χ0) is 22.0. The van der Waals surface area contributed by atoms with E-state index in [-0.39, 0.29) is 38.6 Å². The molecule has 11 heteroatoms. The summed E-state index contributed by atoms with van der Waals surface area (Å²) in [6.07, 6.45) is 0. The highest BCUT2D eigenvalue weighted by atomic mass is 35.5. The molecule has 30 heavy (non-hydrogen) atoms. The number of nitrogen functional groups attached to an aromatic ring is 1. The predicted molar refractivity (Wildman–Crippen MR) is 104 cm³/mol. The van der Waals surface area contributed by atoms with Crippen molar-refractivity contribution >= 4 is 35.0 Å². The highest BCUT2D eigenvalue weighted by molar-refractivity contribution is 6.35. The van der Waals surface area contributed by atoms with Crippen LogP contribution in [0, 0.1) is 17.5 Å². The summed E-state index contributed by atoms with van der Waals surface area (Å²) in [5.74, 6) is -4.45. The molecule has 1 aromatic heterocycles. The molecule has 2 aromatic carbocycles. The van der Waals surface area contributed by atoms with Crippen molar-refractivity contribution < 1.29 is 27.4 Å². The second-order valence-corrected chi connectivity index (χ2v) is 6.63. The number of hydrogen-bond donors (Lipinski definition) is 1. The molecule has 0 saturated carbocycles. The number of nitrogens with zero attached hydrogens (tertiary/aromatic N) is 2.